The summed E-state index contributed by atoms with van der Waals surface area (Å²) in [6, 6.07) is -0.934. The molecule has 0 radical (unpaired) electrons. The first-order valence-corrected chi connectivity index (χ1v) is 11.3. The average Bonchev–Trinajstić information content (AvgIpc) is 2.99. The zero-order valence-corrected chi connectivity index (χ0v) is 18.0. The lowest BCUT2D eigenvalue weighted by molar-refractivity contribution is -0.205. The number of alkyl halides is 1. The number of rotatable bonds is 7. The lowest BCUT2D eigenvalue weighted by atomic mass is 9.92. The molecule has 0 saturated carbocycles. The highest BCUT2D eigenvalue weighted by atomic mass is 35.5. The van der Waals surface area contributed by atoms with E-state index in [1.165, 1.54) is 11.8 Å². The first kappa shape index (κ1) is 23.2. The monoisotopic (exact) mass is 424 g/mol. The van der Waals surface area contributed by atoms with Crippen LogP contribution in [-0.4, -0.2) is 93.3 Å². The quantitative estimate of drug-likeness (QED) is 0.438. The number of nitrogens with one attached hydrogen (secondary N) is 1. The van der Waals surface area contributed by atoms with Crippen molar-refractivity contribution in [2.45, 2.75) is 80.4 Å². The van der Waals surface area contributed by atoms with Crippen molar-refractivity contribution < 1.29 is 24.9 Å². The molecule has 0 aromatic rings. The molecule has 2 fully saturated rings. The van der Waals surface area contributed by atoms with Crippen LogP contribution >= 0.6 is 23.4 Å². The summed E-state index contributed by atoms with van der Waals surface area (Å²) in [4.78, 5) is 14.9. The smallest absolute Gasteiger partial charge is 0.237 e. The Labute approximate surface area is 170 Å². The summed E-state index contributed by atoms with van der Waals surface area (Å²) in [6.45, 7) is 4.74. The molecule has 7 nitrogen and oxygen atoms in total. The van der Waals surface area contributed by atoms with Gasteiger partial charge in [-0.25, -0.2) is 0 Å². The molecule has 0 aliphatic carbocycles. The third kappa shape index (κ3) is 5.29. The van der Waals surface area contributed by atoms with Gasteiger partial charge in [0.2, 0.25) is 5.91 Å². The fourth-order valence-corrected chi connectivity index (χ4v) is 5.00. The highest BCUT2D eigenvalue weighted by Gasteiger charge is 2.48. The van der Waals surface area contributed by atoms with Crippen molar-refractivity contribution in [1.82, 2.24) is 10.2 Å². The van der Waals surface area contributed by atoms with Crippen molar-refractivity contribution in [2.24, 2.45) is 5.92 Å². The Kier molecular flexibility index (Phi) is 8.67. The number of hydrogen-bond acceptors (Lipinski definition) is 7. The van der Waals surface area contributed by atoms with Gasteiger partial charge in [-0.2, -0.15) is 0 Å². The minimum atomic E-state index is -1.36. The van der Waals surface area contributed by atoms with Gasteiger partial charge < -0.3 is 25.4 Å². The lowest BCUT2D eigenvalue weighted by Crippen LogP contribution is -2.65. The van der Waals surface area contributed by atoms with E-state index in [2.05, 4.69) is 12.2 Å². The van der Waals surface area contributed by atoms with Gasteiger partial charge in [-0.15, -0.1) is 23.4 Å². The van der Waals surface area contributed by atoms with E-state index < -0.39 is 41.3 Å². The maximum atomic E-state index is 12.9. The van der Waals surface area contributed by atoms with Gasteiger partial charge in [-0.1, -0.05) is 13.3 Å². The summed E-state index contributed by atoms with van der Waals surface area (Å²) in [7, 11) is 1.94. The van der Waals surface area contributed by atoms with Crippen LogP contribution in [0, 0.1) is 5.92 Å². The topological polar surface area (TPSA) is 102 Å². The standard InChI is InChI=1S/C18H33ClN2O5S/c1-5-6-10-7-11(21(3)8-10)17(25)20-12(9(2)19)16-14(23)13(22)15(24)18(26-16)27-4/h9-16,18,22-24H,5-8H2,1-4H3,(H,20,25)/t9?,10-,11+,12?,13+,14-,15?,16?,18?/m1/s1. The van der Waals surface area contributed by atoms with Crippen LogP contribution in [0.2, 0.25) is 0 Å². The molecule has 27 heavy (non-hydrogen) atoms. The zero-order valence-electron chi connectivity index (χ0n) is 16.4. The number of aliphatic hydroxyl groups is 3. The molecule has 2 rings (SSSR count). The van der Waals surface area contributed by atoms with Crippen LogP contribution in [0.4, 0.5) is 0 Å². The van der Waals surface area contributed by atoms with Crippen LogP contribution in [0.15, 0.2) is 0 Å². The van der Waals surface area contributed by atoms with Crippen LogP contribution in [0.5, 0.6) is 0 Å². The normalized spacial score (nSPS) is 39.9. The van der Waals surface area contributed by atoms with Crippen LogP contribution in [0.1, 0.15) is 33.1 Å². The van der Waals surface area contributed by atoms with Gasteiger partial charge in [0.05, 0.1) is 17.5 Å². The van der Waals surface area contributed by atoms with Crippen molar-refractivity contribution in [3.8, 4) is 0 Å². The lowest BCUT2D eigenvalue weighted by Gasteiger charge is -2.44. The van der Waals surface area contributed by atoms with Gasteiger partial charge >= 0.3 is 0 Å². The molecular weight excluding hydrogens is 392 g/mol. The van der Waals surface area contributed by atoms with Crippen LogP contribution in [-0.2, 0) is 9.53 Å². The summed E-state index contributed by atoms with van der Waals surface area (Å²) in [5.74, 6) is 0.350. The number of carbonyl (C=O) groups is 1. The maximum Gasteiger partial charge on any atom is 0.237 e. The predicted molar refractivity (Wildman–Crippen MR) is 107 cm³/mol. The number of amides is 1. The number of thioether (sulfide) groups is 1. The van der Waals surface area contributed by atoms with Crippen LogP contribution < -0.4 is 5.32 Å². The summed E-state index contributed by atoms with van der Waals surface area (Å²) < 4.78 is 5.79. The molecule has 5 unspecified atom stereocenters. The third-order valence-corrected chi connectivity index (χ3v) is 6.76. The summed E-state index contributed by atoms with van der Waals surface area (Å²) in [5.41, 5.74) is -0.702. The molecule has 0 aromatic heterocycles. The zero-order chi connectivity index (χ0) is 20.3. The Morgan fingerprint density at radius 2 is 2.00 bits per heavy atom. The van der Waals surface area contributed by atoms with Crippen molar-refractivity contribution in [1.29, 1.82) is 0 Å². The van der Waals surface area contributed by atoms with Crippen LogP contribution in [0.3, 0.4) is 0 Å². The molecule has 1 amide bonds. The third-order valence-electron chi connectivity index (χ3n) is 5.63. The molecule has 9 atom stereocenters. The van der Waals surface area contributed by atoms with E-state index >= 15 is 0 Å². The highest BCUT2D eigenvalue weighted by Crippen LogP contribution is 2.31. The van der Waals surface area contributed by atoms with E-state index in [-0.39, 0.29) is 11.9 Å². The van der Waals surface area contributed by atoms with Gasteiger partial charge in [0.1, 0.15) is 29.9 Å². The first-order valence-electron chi connectivity index (χ1n) is 9.58. The highest BCUT2D eigenvalue weighted by molar-refractivity contribution is 7.99. The molecule has 2 aliphatic heterocycles. The molecule has 2 saturated heterocycles. The van der Waals surface area contributed by atoms with Crippen LogP contribution in [0.25, 0.3) is 0 Å². The molecule has 2 heterocycles. The van der Waals surface area contributed by atoms with E-state index in [1.807, 2.05) is 11.9 Å². The molecule has 2 aliphatic rings. The summed E-state index contributed by atoms with van der Waals surface area (Å²) in [5, 5.41) is 33.0. The summed E-state index contributed by atoms with van der Waals surface area (Å²) >= 11 is 7.55. The van der Waals surface area contributed by atoms with E-state index in [9.17, 15) is 20.1 Å². The minimum Gasteiger partial charge on any atom is -0.388 e. The molecule has 0 spiro atoms. The fourth-order valence-electron chi connectivity index (χ4n) is 4.11. The molecule has 158 valence electrons. The number of hydrogen-bond donors (Lipinski definition) is 4. The number of aliphatic hydroxyl groups excluding tert-OH is 3. The van der Waals surface area contributed by atoms with E-state index in [0.717, 1.165) is 25.8 Å². The second-order valence-electron chi connectivity index (χ2n) is 7.73. The Morgan fingerprint density at radius 1 is 1.33 bits per heavy atom. The first-order chi connectivity index (χ1) is 12.7. The fraction of sp³-hybridized carbons (Fsp3) is 0.944. The Bertz CT molecular complexity index is 498. The minimum absolute atomic E-state index is 0.147. The number of nitrogens with zero attached hydrogens (tertiary/aromatic N) is 1. The molecular formula is C18H33ClN2O5S. The maximum absolute atomic E-state index is 12.9. The van der Waals surface area contributed by atoms with Crippen molar-refractivity contribution in [2.75, 3.05) is 19.8 Å². The number of likely N-dealkylation sites (tertiary alicyclic amines) is 1. The Balaban J connectivity index is 2.09. The van der Waals surface area contributed by atoms with Gasteiger partial charge in [0.15, 0.2) is 0 Å². The van der Waals surface area contributed by atoms with Crippen molar-refractivity contribution >= 4 is 29.3 Å². The Morgan fingerprint density at radius 3 is 2.56 bits per heavy atom. The van der Waals surface area contributed by atoms with E-state index in [0.29, 0.717) is 5.92 Å². The predicted octanol–water partition coefficient (Wildman–Crippen LogP) is 0.390. The summed E-state index contributed by atoms with van der Waals surface area (Å²) in [6.07, 6.45) is -0.0980. The molecule has 9 heteroatoms. The van der Waals surface area contributed by atoms with Crippen molar-refractivity contribution in [3.63, 3.8) is 0 Å². The van der Waals surface area contributed by atoms with Crippen molar-refractivity contribution in [3.05, 3.63) is 0 Å². The van der Waals surface area contributed by atoms with Gasteiger partial charge in [-0.3, -0.25) is 9.69 Å². The van der Waals surface area contributed by atoms with E-state index in [4.69, 9.17) is 16.3 Å². The van der Waals surface area contributed by atoms with Gasteiger partial charge in [-0.05, 0) is 39.0 Å². The number of ether oxygens (including phenoxy) is 1. The number of likely N-dealkylation sites (N-methyl/N-ethyl adjacent to an activating group) is 1. The van der Waals surface area contributed by atoms with Gasteiger partial charge in [0.25, 0.3) is 0 Å². The number of halogens is 1. The Hall–Kier alpha value is -0.0900. The average molecular weight is 425 g/mol. The second-order valence-corrected chi connectivity index (χ2v) is 9.36. The van der Waals surface area contributed by atoms with Gasteiger partial charge in [0, 0.05) is 6.54 Å². The molecule has 4 N–H and O–H groups in total. The largest absolute Gasteiger partial charge is 0.388 e. The van der Waals surface area contributed by atoms with E-state index in [1.54, 1.807) is 13.2 Å². The molecule has 0 aromatic carbocycles. The second kappa shape index (κ2) is 10.1. The number of carbonyl (C=O) groups excluding carboxylic acids is 1. The SMILES string of the molecule is CCC[C@@H]1C[C@@H](C(=O)NC(C(C)Cl)C2OC(SC)C(O)[C@@H](O)[C@H]2O)N(C)C1. The molecule has 0 bridgehead atoms.